The summed E-state index contributed by atoms with van der Waals surface area (Å²) in [5.74, 6) is 0. The maximum absolute atomic E-state index is 2.49. The molecule has 0 fully saturated rings. The summed E-state index contributed by atoms with van der Waals surface area (Å²) in [4.78, 5) is 0. The largest absolute Gasteiger partial charge is 0.179 e. The third-order valence-corrected chi connectivity index (χ3v) is 11.9. The Morgan fingerprint density at radius 3 is 1.03 bits per heavy atom. The lowest BCUT2D eigenvalue weighted by Crippen LogP contribution is -2.69. The number of hydrogen-bond donors (Lipinski definition) is 0. The number of hydrogen-bond acceptors (Lipinski definition) is 0. The summed E-state index contributed by atoms with van der Waals surface area (Å²) in [6, 6.07) is 21.8. The minimum atomic E-state index is -2.49. The molecule has 0 unspecified atom stereocenters. The lowest BCUT2D eigenvalue weighted by molar-refractivity contribution is 1.24. The van der Waals surface area contributed by atoms with E-state index in [9.17, 15) is 0 Å². The number of allylic oxidation sites excluding steroid dienone is 4. The van der Waals surface area contributed by atoms with Crippen LogP contribution in [-0.4, -0.2) is 8.07 Å². The van der Waals surface area contributed by atoms with Gasteiger partial charge in [-0.05, 0) is 82.6 Å². The summed E-state index contributed by atoms with van der Waals surface area (Å²) in [6.45, 7) is 18.2. The highest BCUT2D eigenvalue weighted by molar-refractivity contribution is 7.16. The van der Waals surface area contributed by atoms with Crippen molar-refractivity contribution in [1.82, 2.24) is 0 Å². The molecule has 3 aromatic rings. The van der Waals surface area contributed by atoms with Crippen LogP contribution in [0.4, 0.5) is 0 Å². The van der Waals surface area contributed by atoms with E-state index in [4.69, 9.17) is 0 Å². The van der Waals surface area contributed by atoms with Crippen LogP contribution in [0.2, 0.25) is 0 Å². The Morgan fingerprint density at radius 2 is 0.781 bits per heavy atom. The maximum Gasteiger partial charge on any atom is 0.179 e. The lowest BCUT2D eigenvalue weighted by Gasteiger charge is -2.38. The Hall–Kier alpha value is -2.64. The summed E-state index contributed by atoms with van der Waals surface area (Å²) in [5, 5.41) is 6.13. The lowest BCUT2D eigenvalue weighted by atomic mass is 10.1. The van der Waals surface area contributed by atoms with Crippen molar-refractivity contribution in [3.8, 4) is 0 Å². The molecule has 0 saturated carbocycles. The Balaban J connectivity index is 2.27. The van der Waals surface area contributed by atoms with Crippen molar-refractivity contribution in [3.05, 3.63) is 110 Å². The summed E-state index contributed by atoms with van der Waals surface area (Å²) in [5.41, 5.74) is 11.1. The second-order valence-electron chi connectivity index (χ2n) is 10.1. The Morgan fingerprint density at radius 1 is 0.469 bits per heavy atom. The zero-order valence-corrected chi connectivity index (χ0v) is 22.0. The van der Waals surface area contributed by atoms with Crippen LogP contribution in [0.25, 0.3) is 0 Å². The van der Waals surface area contributed by atoms with Gasteiger partial charge in [0.05, 0.1) is 0 Å². The van der Waals surface area contributed by atoms with Crippen molar-refractivity contribution in [1.29, 1.82) is 0 Å². The van der Waals surface area contributed by atoms with Crippen LogP contribution in [0.5, 0.6) is 0 Å². The molecule has 0 heterocycles. The zero-order valence-electron chi connectivity index (χ0n) is 21.0. The van der Waals surface area contributed by atoms with Gasteiger partial charge < -0.3 is 0 Å². The van der Waals surface area contributed by atoms with Crippen molar-refractivity contribution < 1.29 is 0 Å². The van der Waals surface area contributed by atoms with Gasteiger partial charge in [-0.3, -0.25) is 0 Å². The van der Waals surface area contributed by atoms with E-state index >= 15 is 0 Å². The first-order valence-corrected chi connectivity index (χ1v) is 13.7. The van der Waals surface area contributed by atoms with Gasteiger partial charge in [0.1, 0.15) is 0 Å². The normalized spacial score (nSPS) is 14.2. The molecule has 0 amide bonds. The van der Waals surface area contributed by atoms with Gasteiger partial charge in [0.25, 0.3) is 0 Å². The standard InChI is InChI=1S/C31H36Si/c1-20-11-21(2)15-28(14-20)32(31-26(7)9-10-27(31)8,29-16-22(3)12-23(4)17-29)30-18-24(5)13-25(6)19-30/h9,11-19H,10H2,1-8H3. The van der Waals surface area contributed by atoms with E-state index in [-0.39, 0.29) is 0 Å². The summed E-state index contributed by atoms with van der Waals surface area (Å²) in [6.07, 6.45) is 3.51. The third kappa shape index (κ3) is 3.84. The van der Waals surface area contributed by atoms with Crippen molar-refractivity contribution in [2.24, 2.45) is 0 Å². The fraction of sp³-hybridized carbons (Fsp3) is 0.290. The second kappa shape index (κ2) is 8.37. The predicted molar refractivity (Wildman–Crippen MR) is 143 cm³/mol. The van der Waals surface area contributed by atoms with Crippen molar-refractivity contribution in [2.75, 3.05) is 0 Å². The smallest absolute Gasteiger partial charge is 0.0776 e. The number of benzene rings is 3. The molecule has 164 valence electrons. The van der Waals surface area contributed by atoms with Crippen LogP contribution in [0.15, 0.2) is 77.0 Å². The molecule has 0 radical (unpaired) electrons. The molecule has 1 aliphatic carbocycles. The van der Waals surface area contributed by atoms with Gasteiger partial charge >= 0.3 is 0 Å². The molecular weight excluding hydrogens is 400 g/mol. The first-order chi connectivity index (χ1) is 15.1. The van der Waals surface area contributed by atoms with Crippen LogP contribution in [0.1, 0.15) is 53.6 Å². The van der Waals surface area contributed by atoms with Crippen LogP contribution < -0.4 is 15.6 Å². The molecule has 0 nitrogen and oxygen atoms in total. The number of aryl methyl sites for hydroxylation is 6. The third-order valence-electron chi connectivity index (χ3n) is 6.87. The van der Waals surface area contributed by atoms with Gasteiger partial charge in [0.15, 0.2) is 8.07 Å². The van der Waals surface area contributed by atoms with Crippen LogP contribution in [0, 0.1) is 41.5 Å². The minimum absolute atomic E-state index is 1.07. The summed E-state index contributed by atoms with van der Waals surface area (Å²) >= 11 is 0. The van der Waals surface area contributed by atoms with Crippen molar-refractivity contribution >= 4 is 23.6 Å². The average Bonchev–Trinajstić information content (AvgIpc) is 3.00. The molecule has 1 aliphatic rings. The molecule has 0 bridgehead atoms. The molecule has 0 saturated heterocycles. The molecule has 0 aromatic heterocycles. The van der Waals surface area contributed by atoms with Crippen LogP contribution in [-0.2, 0) is 0 Å². The van der Waals surface area contributed by atoms with Gasteiger partial charge in [-0.2, -0.15) is 0 Å². The molecule has 32 heavy (non-hydrogen) atoms. The quantitative estimate of drug-likeness (QED) is 0.337. The Kier molecular flexibility index (Phi) is 5.90. The number of rotatable bonds is 4. The van der Waals surface area contributed by atoms with Crippen molar-refractivity contribution in [2.45, 2.75) is 61.8 Å². The SMILES string of the molecule is CC1=CCC(C)=C1[Si](c1cc(C)cc(C)c1)(c1cc(C)cc(C)c1)c1cc(C)cc(C)c1. The highest BCUT2D eigenvalue weighted by atomic mass is 28.3. The van der Waals surface area contributed by atoms with Gasteiger partial charge in [-0.25, -0.2) is 0 Å². The van der Waals surface area contributed by atoms with Crippen LogP contribution in [0.3, 0.4) is 0 Å². The van der Waals surface area contributed by atoms with E-state index in [1.54, 1.807) is 5.20 Å². The van der Waals surface area contributed by atoms with Crippen molar-refractivity contribution in [3.63, 3.8) is 0 Å². The van der Waals surface area contributed by atoms with E-state index in [1.165, 1.54) is 60.1 Å². The van der Waals surface area contributed by atoms with Gasteiger partial charge in [-0.1, -0.05) is 105 Å². The van der Waals surface area contributed by atoms with Gasteiger partial charge in [0.2, 0.25) is 0 Å². The molecule has 0 atom stereocenters. The molecule has 1 heteroatoms. The average molecular weight is 437 g/mol. The van der Waals surface area contributed by atoms with E-state index < -0.39 is 8.07 Å². The van der Waals surface area contributed by atoms with Crippen LogP contribution >= 0.6 is 0 Å². The highest BCUT2D eigenvalue weighted by Gasteiger charge is 2.46. The van der Waals surface area contributed by atoms with E-state index in [1.807, 2.05) is 0 Å². The first kappa shape index (κ1) is 22.5. The topological polar surface area (TPSA) is 0 Å². The minimum Gasteiger partial charge on any atom is -0.0776 e. The predicted octanol–water partition coefficient (Wildman–Crippen LogP) is 6.21. The van der Waals surface area contributed by atoms with E-state index in [0.29, 0.717) is 0 Å². The molecule has 0 N–H and O–H groups in total. The zero-order chi connectivity index (χ0) is 23.2. The monoisotopic (exact) mass is 436 g/mol. The fourth-order valence-corrected chi connectivity index (χ4v) is 11.9. The molecule has 4 rings (SSSR count). The maximum atomic E-state index is 2.47. The highest BCUT2D eigenvalue weighted by Crippen LogP contribution is 2.34. The fourth-order valence-electron chi connectivity index (χ4n) is 5.97. The Labute approximate surface area is 195 Å². The molecular formula is C31H36Si. The Bertz CT molecular complexity index is 1080. The summed E-state index contributed by atoms with van der Waals surface area (Å²) in [7, 11) is -2.49. The van der Waals surface area contributed by atoms with E-state index in [2.05, 4.69) is 116 Å². The molecule has 0 spiro atoms. The van der Waals surface area contributed by atoms with E-state index in [0.717, 1.165) is 6.42 Å². The first-order valence-electron chi connectivity index (χ1n) is 11.7. The molecule has 3 aromatic carbocycles. The summed E-state index contributed by atoms with van der Waals surface area (Å²) < 4.78 is 0. The molecule has 0 aliphatic heterocycles. The van der Waals surface area contributed by atoms with Gasteiger partial charge in [-0.15, -0.1) is 0 Å². The second-order valence-corrected chi connectivity index (χ2v) is 13.9. The van der Waals surface area contributed by atoms with Gasteiger partial charge in [0, 0.05) is 0 Å².